The quantitative estimate of drug-likeness (QED) is 0.929. The summed E-state index contributed by atoms with van der Waals surface area (Å²) in [6, 6.07) is 7.50. The lowest BCUT2D eigenvalue weighted by molar-refractivity contribution is -0.137. The van der Waals surface area contributed by atoms with Gasteiger partial charge in [0.15, 0.2) is 0 Å². The van der Waals surface area contributed by atoms with E-state index in [1.807, 2.05) is 26.0 Å². The molecule has 1 heterocycles. The molecular formula is C14H16F3N3. The fraction of sp³-hybridized carbons (Fsp3) is 0.357. The van der Waals surface area contributed by atoms with Gasteiger partial charge in [0.2, 0.25) is 0 Å². The molecule has 0 saturated heterocycles. The highest BCUT2D eigenvalue weighted by Crippen LogP contribution is 2.29. The van der Waals surface area contributed by atoms with Crippen LogP contribution in [0.1, 0.15) is 31.0 Å². The van der Waals surface area contributed by atoms with Gasteiger partial charge in [-0.25, -0.2) is 4.68 Å². The van der Waals surface area contributed by atoms with E-state index in [-0.39, 0.29) is 6.04 Å². The summed E-state index contributed by atoms with van der Waals surface area (Å²) in [5.74, 6) is 0. The summed E-state index contributed by atoms with van der Waals surface area (Å²) < 4.78 is 38.8. The lowest BCUT2D eigenvalue weighted by Gasteiger charge is -2.13. The van der Waals surface area contributed by atoms with Crippen molar-refractivity contribution >= 4 is 0 Å². The van der Waals surface area contributed by atoms with Crippen LogP contribution in [-0.4, -0.2) is 16.3 Å². The summed E-state index contributed by atoms with van der Waals surface area (Å²) in [6.07, 6.45) is -2.55. The minimum absolute atomic E-state index is 0.206. The predicted molar refractivity (Wildman–Crippen MR) is 70.7 cm³/mol. The third-order valence-corrected chi connectivity index (χ3v) is 3.08. The van der Waals surface area contributed by atoms with Crippen LogP contribution in [0.2, 0.25) is 0 Å². The highest BCUT2D eigenvalue weighted by atomic mass is 19.4. The van der Waals surface area contributed by atoms with E-state index in [0.717, 1.165) is 24.5 Å². The van der Waals surface area contributed by atoms with Crippen molar-refractivity contribution in [3.05, 3.63) is 47.8 Å². The largest absolute Gasteiger partial charge is 0.419 e. The van der Waals surface area contributed by atoms with Gasteiger partial charge in [-0.2, -0.15) is 18.3 Å². The monoisotopic (exact) mass is 283 g/mol. The molecule has 0 amide bonds. The van der Waals surface area contributed by atoms with E-state index < -0.39 is 11.7 Å². The summed E-state index contributed by atoms with van der Waals surface area (Å²) in [7, 11) is 0. The highest BCUT2D eigenvalue weighted by Gasteiger charge is 2.32. The maximum Gasteiger partial charge on any atom is 0.419 e. The summed E-state index contributed by atoms with van der Waals surface area (Å²) in [5.41, 5.74) is 0.939. The molecular weight excluding hydrogens is 267 g/mol. The van der Waals surface area contributed by atoms with E-state index in [1.54, 1.807) is 12.1 Å². The first-order valence-corrected chi connectivity index (χ1v) is 6.37. The summed E-state index contributed by atoms with van der Waals surface area (Å²) in [5, 5.41) is 7.02. The molecule has 2 aromatic rings. The molecule has 1 unspecified atom stereocenters. The van der Waals surface area contributed by atoms with Crippen LogP contribution in [0.4, 0.5) is 13.2 Å². The zero-order valence-electron chi connectivity index (χ0n) is 11.3. The van der Waals surface area contributed by atoms with Gasteiger partial charge in [0.25, 0.3) is 0 Å². The molecule has 0 radical (unpaired) electrons. The molecule has 3 nitrogen and oxygen atoms in total. The molecule has 20 heavy (non-hydrogen) atoms. The maximum atomic E-state index is 12.5. The Morgan fingerprint density at radius 1 is 1.25 bits per heavy atom. The third kappa shape index (κ3) is 3.19. The molecule has 1 atom stereocenters. The van der Waals surface area contributed by atoms with Crippen molar-refractivity contribution < 1.29 is 13.2 Å². The average molecular weight is 283 g/mol. The molecule has 0 aliphatic heterocycles. The molecule has 0 spiro atoms. The van der Waals surface area contributed by atoms with Crippen LogP contribution in [0.5, 0.6) is 0 Å². The van der Waals surface area contributed by atoms with Gasteiger partial charge >= 0.3 is 6.18 Å². The third-order valence-electron chi connectivity index (χ3n) is 3.08. The Morgan fingerprint density at radius 2 is 1.90 bits per heavy atom. The Morgan fingerprint density at radius 3 is 2.40 bits per heavy atom. The van der Waals surface area contributed by atoms with Crippen molar-refractivity contribution in [2.45, 2.75) is 26.1 Å². The van der Waals surface area contributed by atoms with E-state index in [0.29, 0.717) is 5.69 Å². The SMILES string of the molecule is CCNC(C)c1ccc(-n2cc(C(F)(F)F)cn2)cc1. The number of rotatable bonds is 4. The molecule has 0 aliphatic carbocycles. The van der Waals surface area contributed by atoms with Crippen molar-refractivity contribution in [1.82, 2.24) is 15.1 Å². The Hall–Kier alpha value is -1.82. The first-order valence-electron chi connectivity index (χ1n) is 6.37. The van der Waals surface area contributed by atoms with Crippen LogP contribution in [0.3, 0.4) is 0 Å². The molecule has 1 aromatic carbocycles. The topological polar surface area (TPSA) is 29.9 Å². The zero-order chi connectivity index (χ0) is 14.8. The van der Waals surface area contributed by atoms with Crippen LogP contribution in [-0.2, 0) is 6.18 Å². The molecule has 6 heteroatoms. The highest BCUT2D eigenvalue weighted by molar-refractivity contribution is 5.35. The standard InChI is InChI=1S/C14H16F3N3/c1-3-18-10(2)11-4-6-13(7-5-11)20-9-12(8-19-20)14(15,16)17/h4-10,18H,3H2,1-2H3. The summed E-state index contributed by atoms with van der Waals surface area (Å²) >= 11 is 0. The molecule has 1 N–H and O–H groups in total. The lowest BCUT2D eigenvalue weighted by Crippen LogP contribution is -2.17. The Labute approximate surface area is 115 Å². The number of hydrogen-bond acceptors (Lipinski definition) is 2. The van der Waals surface area contributed by atoms with E-state index in [4.69, 9.17) is 0 Å². The first kappa shape index (κ1) is 14.6. The average Bonchev–Trinajstić information content (AvgIpc) is 2.89. The van der Waals surface area contributed by atoms with E-state index in [9.17, 15) is 13.2 Å². The molecule has 2 rings (SSSR count). The van der Waals surface area contributed by atoms with Crippen molar-refractivity contribution in [2.24, 2.45) is 0 Å². The smallest absolute Gasteiger partial charge is 0.310 e. The molecule has 108 valence electrons. The van der Waals surface area contributed by atoms with Crippen LogP contribution in [0.25, 0.3) is 5.69 Å². The van der Waals surface area contributed by atoms with Gasteiger partial charge in [0, 0.05) is 12.2 Å². The van der Waals surface area contributed by atoms with Crippen LogP contribution in [0, 0.1) is 0 Å². The maximum absolute atomic E-state index is 12.5. The van der Waals surface area contributed by atoms with Crippen LogP contribution >= 0.6 is 0 Å². The van der Waals surface area contributed by atoms with Crippen molar-refractivity contribution in [3.63, 3.8) is 0 Å². The Balaban J connectivity index is 2.20. The van der Waals surface area contributed by atoms with Crippen molar-refractivity contribution in [2.75, 3.05) is 6.54 Å². The second-order valence-corrected chi connectivity index (χ2v) is 4.54. The van der Waals surface area contributed by atoms with Gasteiger partial charge in [0.05, 0.1) is 17.4 Å². The second-order valence-electron chi connectivity index (χ2n) is 4.54. The minimum atomic E-state index is -4.36. The number of nitrogens with one attached hydrogen (secondary N) is 1. The minimum Gasteiger partial charge on any atom is -0.310 e. The predicted octanol–water partition coefficient (Wildman–Crippen LogP) is 3.56. The summed E-state index contributed by atoms with van der Waals surface area (Å²) in [4.78, 5) is 0. The van der Waals surface area contributed by atoms with Gasteiger partial charge in [-0.1, -0.05) is 19.1 Å². The Bertz CT molecular complexity index is 558. The fourth-order valence-electron chi connectivity index (χ4n) is 1.95. The molecule has 0 aliphatic rings. The number of aromatic nitrogens is 2. The van der Waals surface area contributed by atoms with Gasteiger partial charge in [-0.15, -0.1) is 0 Å². The van der Waals surface area contributed by atoms with Gasteiger partial charge in [0.1, 0.15) is 0 Å². The first-order chi connectivity index (χ1) is 9.41. The normalized spacial score (nSPS) is 13.4. The molecule has 0 fully saturated rings. The van der Waals surface area contributed by atoms with Crippen LogP contribution in [0.15, 0.2) is 36.7 Å². The van der Waals surface area contributed by atoms with E-state index in [1.165, 1.54) is 4.68 Å². The number of benzene rings is 1. The number of hydrogen-bond donors (Lipinski definition) is 1. The van der Waals surface area contributed by atoms with E-state index >= 15 is 0 Å². The molecule has 0 saturated carbocycles. The lowest BCUT2D eigenvalue weighted by atomic mass is 10.1. The van der Waals surface area contributed by atoms with E-state index in [2.05, 4.69) is 10.4 Å². The molecule has 0 bridgehead atoms. The zero-order valence-corrected chi connectivity index (χ0v) is 11.3. The van der Waals surface area contributed by atoms with Gasteiger partial charge in [-0.3, -0.25) is 0 Å². The van der Waals surface area contributed by atoms with Gasteiger partial charge in [-0.05, 0) is 31.2 Å². The second kappa shape index (κ2) is 5.66. The van der Waals surface area contributed by atoms with Gasteiger partial charge < -0.3 is 5.32 Å². The number of alkyl halides is 3. The number of nitrogens with zero attached hydrogens (tertiary/aromatic N) is 2. The van der Waals surface area contributed by atoms with Crippen molar-refractivity contribution in [3.8, 4) is 5.69 Å². The Kier molecular flexibility index (Phi) is 4.13. The molecule has 1 aromatic heterocycles. The van der Waals surface area contributed by atoms with Crippen LogP contribution < -0.4 is 5.32 Å². The number of halogens is 3. The fourth-order valence-corrected chi connectivity index (χ4v) is 1.95. The summed E-state index contributed by atoms with van der Waals surface area (Å²) in [6.45, 7) is 4.92. The van der Waals surface area contributed by atoms with Crippen molar-refractivity contribution in [1.29, 1.82) is 0 Å².